The van der Waals surface area contributed by atoms with E-state index in [4.69, 9.17) is 4.74 Å². The summed E-state index contributed by atoms with van der Waals surface area (Å²) >= 11 is 0. The Balaban J connectivity index is 1.47. The maximum absolute atomic E-state index is 12.9. The number of ether oxygens (including phenoxy) is 1. The van der Waals surface area contributed by atoms with Crippen molar-refractivity contribution in [3.63, 3.8) is 0 Å². The Bertz CT molecular complexity index is 810. The molecule has 3 aliphatic rings. The van der Waals surface area contributed by atoms with Gasteiger partial charge in [0.1, 0.15) is 10.6 Å². The topological polar surface area (TPSA) is 79.0 Å². The van der Waals surface area contributed by atoms with Crippen molar-refractivity contribution in [1.29, 1.82) is 0 Å². The standard InChI is InChI=1S/C19H27N3O4S/c1-26-17-7-4-15(12-18(17)27(24,25)20-16-5-6-16)19(23)22-10-8-21(9-11-22)13-14-2-3-14/h4,7,12,14,16,20H,2-3,5-6,8-11,13H2,1H3. The number of sulfonamides is 1. The van der Waals surface area contributed by atoms with Gasteiger partial charge in [0.2, 0.25) is 10.0 Å². The van der Waals surface area contributed by atoms with Crippen LogP contribution in [0.1, 0.15) is 36.0 Å². The van der Waals surface area contributed by atoms with Crippen LogP contribution in [0.15, 0.2) is 23.1 Å². The lowest BCUT2D eigenvalue weighted by Crippen LogP contribution is -2.49. The molecule has 0 spiro atoms. The van der Waals surface area contributed by atoms with Crippen molar-refractivity contribution in [2.75, 3.05) is 39.8 Å². The highest BCUT2D eigenvalue weighted by Crippen LogP contribution is 2.30. The van der Waals surface area contributed by atoms with E-state index >= 15 is 0 Å². The van der Waals surface area contributed by atoms with Gasteiger partial charge >= 0.3 is 0 Å². The summed E-state index contributed by atoms with van der Waals surface area (Å²) in [4.78, 5) is 17.2. The summed E-state index contributed by atoms with van der Waals surface area (Å²) in [6, 6.07) is 4.66. The first-order valence-electron chi connectivity index (χ1n) is 9.68. The Hall–Kier alpha value is -1.64. The van der Waals surface area contributed by atoms with Crippen molar-refractivity contribution in [3.05, 3.63) is 23.8 Å². The summed E-state index contributed by atoms with van der Waals surface area (Å²) in [5.41, 5.74) is 0.391. The highest BCUT2D eigenvalue weighted by molar-refractivity contribution is 7.89. The number of nitrogens with zero attached hydrogens (tertiary/aromatic N) is 2. The minimum atomic E-state index is -3.70. The van der Waals surface area contributed by atoms with Crippen LogP contribution in [-0.4, -0.2) is 70.0 Å². The normalized spacial score (nSPS) is 21.3. The molecule has 148 valence electrons. The molecule has 3 fully saturated rings. The van der Waals surface area contributed by atoms with Crippen molar-refractivity contribution >= 4 is 15.9 Å². The average Bonchev–Trinajstić information content (AvgIpc) is 3.59. The molecule has 1 saturated heterocycles. The van der Waals surface area contributed by atoms with Crippen molar-refractivity contribution < 1.29 is 17.9 Å². The first-order chi connectivity index (χ1) is 13.0. The second-order valence-corrected chi connectivity index (χ2v) is 9.48. The monoisotopic (exact) mass is 393 g/mol. The van der Waals surface area contributed by atoms with E-state index in [-0.39, 0.29) is 22.6 Å². The quantitative estimate of drug-likeness (QED) is 0.756. The number of nitrogens with one attached hydrogen (secondary N) is 1. The van der Waals surface area contributed by atoms with Crippen molar-refractivity contribution in [1.82, 2.24) is 14.5 Å². The van der Waals surface area contributed by atoms with Crippen LogP contribution in [0.4, 0.5) is 0 Å². The number of benzene rings is 1. The largest absolute Gasteiger partial charge is 0.495 e. The first kappa shape index (κ1) is 18.7. The molecule has 1 aromatic rings. The predicted molar refractivity (Wildman–Crippen MR) is 101 cm³/mol. The fourth-order valence-electron chi connectivity index (χ4n) is 3.49. The van der Waals surface area contributed by atoms with Crippen molar-refractivity contribution in [3.8, 4) is 5.75 Å². The van der Waals surface area contributed by atoms with Crippen molar-refractivity contribution in [2.24, 2.45) is 5.92 Å². The van der Waals surface area contributed by atoms with E-state index in [9.17, 15) is 13.2 Å². The summed E-state index contributed by atoms with van der Waals surface area (Å²) in [7, 11) is -2.26. The van der Waals surface area contributed by atoms with E-state index in [0.29, 0.717) is 18.7 Å². The molecule has 1 amide bonds. The Kier molecular flexibility index (Phi) is 5.13. The van der Waals surface area contributed by atoms with Crippen LogP contribution in [0, 0.1) is 5.92 Å². The number of amides is 1. The van der Waals surface area contributed by atoms with Gasteiger partial charge in [-0.2, -0.15) is 0 Å². The molecule has 0 bridgehead atoms. The van der Waals surface area contributed by atoms with E-state index in [1.54, 1.807) is 12.1 Å². The van der Waals surface area contributed by atoms with E-state index in [1.807, 2.05) is 4.90 Å². The fourth-order valence-corrected chi connectivity index (χ4v) is 4.99. The molecule has 2 aliphatic carbocycles. The van der Waals surface area contributed by atoms with Crippen LogP contribution in [0.25, 0.3) is 0 Å². The van der Waals surface area contributed by atoms with Gasteiger partial charge in [0, 0.05) is 44.3 Å². The van der Waals surface area contributed by atoms with Gasteiger partial charge in [0.05, 0.1) is 7.11 Å². The zero-order valence-electron chi connectivity index (χ0n) is 15.7. The Morgan fingerprint density at radius 1 is 1.15 bits per heavy atom. The smallest absolute Gasteiger partial charge is 0.253 e. The molecule has 7 nitrogen and oxygen atoms in total. The predicted octanol–water partition coefficient (Wildman–Crippen LogP) is 1.30. The van der Waals surface area contributed by atoms with Crippen molar-refractivity contribution in [2.45, 2.75) is 36.6 Å². The number of carbonyl (C=O) groups is 1. The third-order valence-corrected chi connectivity index (χ3v) is 7.01. The second kappa shape index (κ2) is 7.41. The Morgan fingerprint density at radius 2 is 1.85 bits per heavy atom. The van der Waals surface area contributed by atoms with Gasteiger partial charge < -0.3 is 9.64 Å². The molecule has 0 aromatic heterocycles. The van der Waals surface area contributed by atoms with E-state index in [1.165, 1.54) is 26.0 Å². The van der Waals surface area contributed by atoms with E-state index < -0.39 is 10.0 Å². The second-order valence-electron chi connectivity index (χ2n) is 7.80. The summed E-state index contributed by atoms with van der Waals surface area (Å²) < 4.78 is 33.2. The lowest BCUT2D eigenvalue weighted by Gasteiger charge is -2.34. The van der Waals surface area contributed by atoms with Gasteiger partial charge in [-0.1, -0.05) is 0 Å². The molecule has 0 radical (unpaired) electrons. The molecule has 2 saturated carbocycles. The molecular formula is C19H27N3O4S. The molecule has 8 heteroatoms. The molecule has 27 heavy (non-hydrogen) atoms. The van der Waals surface area contributed by atoms with Gasteiger partial charge in [0.15, 0.2) is 0 Å². The number of rotatable bonds is 7. The summed E-state index contributed by atoms with van der Waals surface area (Å²) in [5.74, 6) is 0.987. The minimum Gasteiger partial charge on any atom is -0.495 e. The zero-order valence-corrected chi connectivity index (χ0v) is 16.5. The number of piperazine rings is 1. The molecule has 1 heterocycles. The fraction of sp³-hybridized carbons (Fsp3) is 0.632. The van der Waals surface area contributed by atoms with E-state index in [0.717, 1.165) is 38.4 Å². The first-order valence-corrected chi connectivity index (χ1v) is 11.2. The molecule has 1 N–H and O–H groups in total. The van der Waals surface area contributed by atoms with Crippen LogP contribution in [-0.2, 0) is 10.0 Å². The van der Waals surface area contributed by atoms with Gasteiger partial charge in [0.25, 0.3) is 5.91 Å². The summed E-state index contributed by atoms with van der Waals surface area (Å²) in [5, 5.41) is 0. The summed E-state index contributed by atoms with van der Waals surface area (Å²) in [6.07, 6.45) is 4.37. The summed E-state index contributed by atoms with van der Waals surface area (Å²) in [6.45, 7) is 4.26. The number of hydrogen-bond donors (Lipinski definition) is 1. The Morgan fingerprint density at radius 3 is 2.44 bits per heavy atom. The van der Waals surface area contributed by atoms with Gasteiger partial charge in [-0.25, -0.2) is 13.1 Å². The molecular weight excluding hydrogens is 366 g/mol. The minimum absolute atomic E-state index is 0.00129. The molecule has 0 atom stereocenters. The van der Waals surface area contributed by atoms with Crippen LogP contribution in [0.3, 0.4) is 0 Å². The van der Waals surface area contributed by atoms with Gasteiger partial charge in [-0.05, 0) is 49.8 Å². The number of methoxy groups -OCH3 is 1. The number of carbonyl (C=O) groups excluding carboxylic acids is 1. The van der Waals surface area contributed by atoms with Crippen LogP contribution in [0.2, 0.25) is 0 Å². The van der Waals surface area contributed by atoms with Crippen LogP contribution >= 0.6 is 0 Å². The Labute approximate surface area is 160 Å². The third kappa shape index (κ3) is 4.44. The third-order valence-electron chi connectivity index (χ3n) is 5.47. The molecule has 0 unspecified atom stereocenters. The van der Waals surface area contributed by atoms with Crippen LogP contribution in [0.5, 0.6) is 5.75 Å². The number of hydrogen-bond acceptors (Lipinski definition) is 5. The maximum Gasteiger partial charge on any atom is 0.253 e. The lowest BCUT2D eigenvalue weighted by atomic mass is 10.1. The van der Waals surface area contributed by atoms with Gasteiger partial charge in [-0.15, -0.1) is 0 Å². The SMILES string of the molecule is COc1ccc(C(=O)N2CCN(CC3CC3)CC2)cc1S(=O)(=O)NC1CC1. The highest BCUT2D eigenvalue weighted by atomic mass is 32.2. The highest BCUT2D eigenvalue weighted by Gasteiger charge is 2.31. The van der Waals surface area contributed by atoms with Gasteiger partial charge in [-0.3, -0.25) is 9.69 Å². The molecule has 1 aromatic carbocycles. The van der Waals surface area contributed by atoms with E-state index in [2.05, 4.69) is 9.62 Å². The van der Waals surface area contributed by atoms with Crippen LogP contribution < -0.4 is 9.46 Å². The maximum atomic E-state index is 12.9. The average molecular weight is 394 g/mol. The molecule has 1 aliphatic heterocycles. The molecule has 4 rings (SSSR count). The lowest BCUT2D eigenvalue weighted by molar-refractivity contribution is 0.0631. The zero-order chi connectivity index (χ0) is 19.0.